The Morgan fingerprint density at radius 1 is 1.38 bits per heavy atom. The molecule has 13 heavy (non-hydrogen) atoms. The van der Waals surface area contributed by atoms with Gasteiger partial charge in [0.1, 0.15) is 0 Å². The summed E-state index contributed by atoms with van der Waals surface area (Å²) in [7, 11) is 0. The van der Waals surface area contributed by atoms with Gasteiger partial charge in [-0.3, -0.25) is 0 Å². The first-order valence-electron chi connectivity index (χ1n) is 4.52. The maximum absolute atomic E-state index is 8.80. The predicted octanol–water partition coefficient (Wildman–Crippen LogP) is 3.39. The molecule has 0 atom stereocenters. The Kier molecular flexibility index (Phi) is 3.78. The van der Waals surface area contributed by atoms with E-state index in [-0.39, 0.29) is 0 Å². The molecule has 0 spiro atoms. The highest BCUT2D eigenvalue weighted by Gasteiger charge is 1.93. The lowest BCUT2D eigenvalue weighted by atomic mass is 10.1. The molecule has 1 rings (SSSR count). The van der Waals surface area contributed by atoms with Crippen LogP contribution >= 0.6 is 0 Å². The number of nitrogens with zero attached hydrogens (tertiary/aromatic N) is 1. The van der Waals surface area contributed by atoms with Crippen molar-refractivity contribution in [3.05, 3.63) is 41.5 Å². The fourth-order valence-corrected chi connectivity index (χ4v) is 1.18. The molecule has 0 N–H and O–H groups in total. The van der Waals surface area contributed by atoms with Crippen LogP contribution in [0.25, 0.3) is 6.08 Å². The van der Waals surface area contributed by atoms with Crippen LogP contribution in [-0.4, -0.2) is 0 Å². The molecule has 66 valence electrons. The summed E-state index contributed by atoms with van der Waals surface area (Å²) in [4.78, 5) is 0. The largest absolute Gasteiger partial charge is 0.193 e. The van der Waals surface area contributed by atoms with E-state index in [4.69, 9.17) is 5.26 Å². The van der Waals surface area contributed by atoms with Crippen molar-refractivity contribution in [1.29, 1.82) is 5.26 Å². The van der Waals surface area contributed by atoms with Gasteiger partial charge in [0, 0.05) is 5.57 Å². The van der Waals surface area contributed by atoms with Crippen LogP contribution < -0.4 is 0 Å². The number of allylic oxidation sites excluding steroid dienone is 1. The summed E-state index contributed by atoms with van der Waals surface area (Å²) in [5.41, 5.74) is 1.96. The minimum Gasteiger partial charge on any atom is -0.193 e. The first-order chi connectivity index (χ1) is 6.36. The number of hydrogen-bond acceptors (Lipinski definition) is 1. The second-order valence-electron chi connectivity index (χ2n) is 2.94. The van der Waals surface area contributed by atoms with Crippen molar-refractivity contribution in [2.24, 2.45) is 0 Å². The van der Waals surface area contributed by atoms with Crippen LogP contribution in [0.4, 0.5) is 0 Å². The maximum atomic E-state index is 8.80. The highest BCUT2D eigenvalue weighted by atomic mass is 14.2. The average molecular weight is 171 g/mol. The van der Waals surface area contributed by atoms with Crippen molar-refractivity contribution in [3.63, 3.8) is 0 Å². The minimum atomic E-state index is 0.855. The Labute approximate surface area is 79.3 Å². The third-order valence-electron chi connectivity index (χ3n) is 1.80. The molecule has 1 aromatic carbocycles. The number of benzene rings is 1. The van der Waals surface area contributed by atoms with Gasteiger partial charge in [0.05, 0.1) is 6.07 Å². The van der Waals surface area contributed by atoms with Crippen molar-refractivity contribution in [2.75, 3.05) is 0 Å². The Morgan fingerprint density at radius 3 is 2.62 bits per heavy atom. The quantitative estimate of drug-likeness (QED) is 0.639. The Bertz CT molecular complexity index is 317. The molecule has 0 aromatic heterocycles. The number of hydrogen-bond donors (Lipinski definition) is 0. The van der Waals surface area contributed by atoms with Crippen LogP contribution in [0.1, 0.15) is 25.3 Å². The van der Waals surface area contributed by atoms with Crippen LogP contribution in [0.15, 0.2) is 35.9 Å². The van der Waals surface area contributed by atoms with Crippen molar-refractivity contribution in [3.8, 4) is 6.07 Å². The van der Waals surface area contributed by atoms with Gasteiger partial charge in [-0.15, -0.1) is 0 Å². The molecule has 0 amide bonds. The zero-order valence-corrected chi connectivity index (χ0v) is 7.83. The Morgan fingerprint density at radius 2 is 2.08 bits per heavy atom. The van der Waals surface area contributed by atoms with Gasteiger partial charge < -0.3 is 0 Å². The molecule has 1 nitrogen and oxygen atoms in total. The van der Waals surface area contributed by atoms with Gasteiger partial charge in [-0.25, -0.2) is 0 Å². The lowest BCUT2D eigenvalue weighted by molar-refractivity contribution is 0.934. The van der Waals surface area contributed by atoms with Gasteiger partial charge in [-0.1, -0.05) is 43.7 Å². The summed E-state index contributed by atoms with van der Waals surface area (Å²) in [6.45, 7) is 2.08. The molecule has 0 bridgehead atoms. The molecular weight excluding hydrogens is 158 g/mol. The van der Waals surface area contributed by atoms with Gasteiger partial charge in [-0.05, 0) is 18.1 Å². The molecule has 1 heteroatoms. The molecule has 0 radical (unpaired) electrons. The van der Waals surface area contributed by atoms with Gasteiger partial charge in [0.15, 0.2) is 0 Å². The van der Waals surface area contributed by atoms with E-state index < -0.39 is 0 Å². The van der Waals surface area contributed by atoms with Crippen molar-refractivity contribution in [2.45, 2.75) is 19.8 Å². The van der Waals surface area contributed by atoms with E-state index in [1.807, 2.05) is 36.4 Å². The highest BCUT2D eigenvalue weighted by Crippen LogP contribution is 2.10. The van der Waals surface area contributed by atoms with E-state index in [0.717, 1.165) is 24.0 Å². The third kappa shape index (κ3) is 3.13. The number of rotatable bonds is 3. The summed E-state index contributed by atoms with van der Waals surface area (Å²) < 4.78 is 0. The van der Waals surface area contributed by atoms with Gasteiger partial charge in [0.2, 0.25) is 0 Å². The van der Waals surface area contributed by atoms with Gasteiger partial charge in [0.25, 0.3) is 0 Å². The Balaban J connectivity index is 2.81. The van der Waals surface area contributed by atoms with Crippen LogP contribution in [0.2, 0.25) is 0 Å². The summed E-state index contributed by atoms with van der Waals surface area (Å²) in [5, 5.41) is 8.80. The van der Waals surface area contributed by atoms with E-state index in [1.54, 1.807) is 0 Å². The van der Waals surface area contributed by atoms with E-state index in [1.165, 1.54) is 0 Å². The summed E-state index contributed by atoms with van der Waals surface area (Å²) in [5.74, 6) is 0. The number of nitriles is 1. The van der Waals surface area contributed by atoms with Gasteiger partial charge >= 0.3 is 0 Å². The smallest absolute Gasteiger partial charge is 0.0947 e. The fourth-order valence-electron chi connectivity index (χ4n) is 1.18. The molecule has 0 saturated heterocycles. The van der Waals surface area contributed by atoms with Gasteiger partial charge in [-0.2, -0.15) is 5.26 Å². The standard InChI is InChI=1S/C12H13N/c1-2-6-12(10-13)9-11-7-4-3-5-8-11/h3-5,7-9H,2,6H2,1H3/b12-9-. The van der Waals surface area contributed by atoms with Crippen LogP contribution in [-0.2, 0) is 0 Å². The normalized spacial score (nSPS) is 10.9. The zero-order chi connectivity index (χ0) is 9.52. The fraction of sp³-hybridized carbons (Fsp3) is 0.250. The van der Waals surface area contributed by atoms with Crippen molar-refractivity contribution >= 4 is 6.08 Å². The summed E-state index contributed by atoms with van der Waals surface area (Å²) in [6, 6.07) is 12.2. The topological polar surface area (TPSA) is 23.8 Å². The summed E-state index contributed by atoms with van der Waals surface area (Å²) >= 11 is 0. The molecular formula is C12H13N. The molecule has 0 saturated carbocycles. The molecule has 0 aliphatic carbocycles. The van der Waals surface area contributed by atoms with E-state index in [2.05, 4.69) is 13.0 Å². The van der Waals surface area contributed by atoms with E-state index in [0.29, 0.717) is 0 Å². The lowest BCUT2D eigenvalue weighted by Gasteiger charge is -1.95. The highest BCUT2D eigenvalue weighted by molar-refractivity contribution is 5.56. The molecule has 1 aromatic rings. The van der Waals surface area contributed by atoms with Crippen LogP contribution in [0.3, 0.4) is 0 Å². The lowest BCUT2D eigenvalue weighted by Crippen LogP contribution is -1.78. The third-order valence-corrected chi connectivity index (χ3v) is 1.80. The SMILES string of the molecule is CCC/C(C#N)=C/c1ccccc1. The van der Waals surface area contributed by atoms with E-state index >= 15 is 0 Å². The summed E-state index contributed by atoms with van der Waals surface area (Å²) in [6.07, 6.45) is 3.83. The monoisotopic (exact) mass is 171 g/mol. The molecule has 0 unspecified atom stereocenters. The maximum Gasteiger partial charge on any atom is 0.0947 e. The average Bonchev–Trinajstić information content (AvgIpc) is 2.19. The van der Waals surface area contributed by atoms with Crippen molar-refractivity contribution < 1.29 is 0 Å². The second-order valence-corrected chi connectivity index (χ2v) is 2.94. The minimum absolute atomic E-state index is 0.855. The predicted molar refractivity (Wildman–Crippen MR) is 54.9 cm³/mol. The molecule has 0 heterocycles. The Hall–Kier alpha value is -1.55. The van der Waals surface area contributed by atoms with Crippen LogP contribution in [0.5, 0.6) is 0 Å². The first kappa shape index (κ1) is 9.54. The zero-order valence-electron chi connectivity index (χ0n) is 7.83. The molecule has 0 fully saturated rings. The van der Waals surface area contributed by atoms with E-state index in [9.17, 15) is 0 Å². The molecule has 0 aliphatic rings. The van der Waals surface area contributed by atoms with Crippen molar-refractivity contribution in [1.82, 2.24) is 0 Å². The first-order valence-corrected chi connectivity index (χ1v) is 4.52. The molecule has 0 aliphatic heterocycles. The van der Waals surface area contributed by atoms with Crippen LogP contribution in [0, 0.1) is 11.3 Å². The second kappa shape index (κ2) is 5.16.